The molecule has 0 spiro atoms. The second-order valence-corrected chi connectivity index (χ2v) is 9.53. The highest BCUT2D eigenvalue weighted by Gasteiger charge is 2.24. The first-order valence-corrected chi connectivity index (χ1v) is 12.4. The summed E-state index contributed by atoms with van der Waals surface area (Å²) >= 11 is 0. The minimum absolute atomic E-state index is 0. The summed E-state index contributed by atoms with van der Waals surface area (Å²) in [6.45, 7) is 10.5. The highest BCUT2D eigenvalue weighted by atomic mass is 35.5. The number of ether oxygens (including phenoxy) is 4. The highest BCUT2D eigenvalue weighted by molar-refractivity contribution is 5.85. The van der Waals surface area contributed by atoms with Crippen molar-refractivity contribution in [3.63, 3.8) is 0 Å². The number of nitrogens with one attached hydrogen (secondary N) is 1. The minimum Gasteiger partial charge on any atom is -0.496 e. The van der Waals surface area contributed by atoms with Crippen LogP contribution in [-0.4, -0.2) is 46.5 Å². The monoisotopic (exact) mass is 528 g/mol. The Hall–Kier alpha value is -2.96. The van der Waals surface area contributed by atoms with Crippen molar-refractivity contribution in [3.05, 3.63) is 65.0 Å². The van der Waals surface area contributed by atoms with Crippen LogP contribution in [-0.2, 0) is 0 Å². The van der Waals surface area contributed by atoms with Crippen LogP contribution in [0.1, 0.15) is 41.5 Å². The number of hydrogen-bond donors (Lipinski definition) is 1. The zero-order valence-electron chi connectivity index (χ0n) is 23.3. The predicted molar refractivity (Wildman–Crippen MR) is 153 cm³/mol. The highest BCUT2D eigenvalue weighted by Crippen LogP contribution is 2.37. The van der Waals surface area contributed by atoms with Crippen LogP contribution in [0.15, 0.2) is 42.7 Å². The SMILES string of the molecule is COc1cc(-c2cncc(C)c2)c(OC)cc1C.COc1cc(C2CNCC(C)C2)c(OC)cc1C.Cl. The van der Waals surface area contributed by atoms with Crippen molar-refractivity contribution < 1.29 is 18.9 Å². The molecule has 0 bridgehead atoms. The van der Waals surface area contributed by atoms with Crippen LogP contribution in [0.4, 0.5) is 0 Å². The second-order valence-electron chi connectivity index (χ2n) is 9.53. The number of halogens is 1. The van der Waals surface area contributed by atoms with Crippen molar-refractivity contribution in [1.82, 2.24) is 10.3 Å². The van der Waals surface area contributed by atoms with Crippen LogP contribution in [0.5, 0.6) is 23.0 Å². The maximum Gasteiger partial charge on any atom is 0.127 e. The van der Waals surface area contributed by atoms with Crippen molar-refractivity contribution in [2.75, 3.05) is 41.5 Å². The van der Waals surface area contributed by atoms with Gasteiger partial charge in [-0.1, -0.05) is 6.92 Å². The molecule has 2 atom stereocenters. The number of benzene rings is 2. The van der Waals surface area contributed by atoms with Gasteiger partial charge < -0.3 is 24.3 Å². The molecule has 1 aromatic heterocycles. The van der Waals surface area contributed by atoms with E-state index < -0.39 is 0 Å². The summed E-state index contributed by atoms with van der Waals surface area (Å²) in [6.07, 6.45) is 4.87. The van der Waals surface area contributed by atoms with Crippen LogP contribution < -0.4 is 24.3 Å². The molecule has 1 fully saturated rings. The minimum atomic E-state index is 0. The largest absolute Gasteiger partial charge is 0.496 e. The number of pyridine rings is 1. The van der Waals surface area contributed by atoms with E-state index >= 15 is 0 Å². The van der Waals surface area contributed by atoms with E-state index in [0.717, 1.165) is 63.9 Å². The average Bonchev–Trinajstić information content (AvgIpc) is 2.88. The lowest BCUT2D eigenvalue weighted by molar-refractivity contribution is 0.345. The molecule has 1 N–H and O–H groups in total. The molecular formula is C30H41ClN2O4. The summed E-state index contributed by atoms with van der Waals surface area (Å²) in [6, 6.07) is 10.3. The molecule has 1 saturated heterocycles. The van der Waals surface area contributed by atoms with E-state index in [-0.39, 0.29) is 12.4 Å². The topological polar surface area (TPSA) is 61.8 Å². The van der Waals surface area contributed by atoms with Gasteiger partial charge in [0, 0.05) is 41.5 Å². The summed E-state index contributed by atoms with van der Waals surface area (Å²) < 4.78 is 21.8. The van der Waals surface area contributed by atoms with Crippen LogP contribution in [0.25, 0.3) is 11.1 Å². The normalized spacial score (nSPS) is 16.5. The first kappa shape index (κ1) is 30.3. The number of rotatable bonds is 6. The molecular weight excluding hydrogens is 488 g/mol. The van der Waals surface area contributed by atoms with Crippen LogP contribution in [0.3, 0.4) is 0 Å². The van der Waals surface area contributed by atoms with Gasteiger partial charge in [-0.05, 0) is 86.7 Å². The van der Waals surface area contributed by atoms with Gasteiger partial charge in [0.25, 0.3) is 0 Å². The third kappa shape index (κ3) is 7.53. The average molecular weight is 529 g/mol. The Morgan fingerprint density at radius 3 is 1.89 bits per heavy atom. The number of nitrogens with zero attached hydrogens (tertiary/aromatic N) is 1. The van der Waals surface area contributed by atoms with E-state index in [0.29, 0.717) is 11.8 Å². The zero-order valence-corrected chi connectivity index (χ0v) is 24.1. The summed E-state index contributed by atoms with van der Waals surface area (Å²) in [4.78, 5) is 4.22. The summed E-state index contributed by atoms with van der Waals surface area (Å²) in [5.41, 5.74) is 6.59. The Labute approximate surface area is 228 Å². The number of hydrogen-bond acceptors (Lipinski definition) is 6. The van der Waals surface area contributed by atoms with Crippen LogP contribution in [0.2, 0.25) is 0 Å². The van der Waals surface area contributed by atoms with Gasteiger partial charge in [0.05, 0.1) is 28.4 Å². The molecule has 4 rings (SSSR count). The number of piperidine rings is 1. The first-order chi connectivity index (χ1) is 17.3. The quantitative estimate of drug-likeness (QED) is 0.392. The lowest BCUT2D eigenvalue weighted by Crippen LogP contribution is -2.33. The van der Waals surface area contributed by atoms with Crippen molar-refractivity contribution in [2.24, 2.45) is 5.92 Å². The van der Waals surface area contributed by atoms with E-state index in [9.17, 15) is 0 Å². The van der Waals surface area contributed by atoms with Gasteiger partial charge in [-0.2, -0.15) is 0 Å². The maximum absolute atomic E-state index is 5.53. The third-order valence-corrected chi connectivity index (χ3v) is 6.66. The fourth-order valence-electron chi connectivity index (χ4n) is 4.76. The van der Waals surface area contributed by atoms with Crippen LogP contribution in [0, 0.1) is 26.7 Å². The Morgan fingerprint density at radius 2 is 1.32 bits per heavy atom. The summed E-state index contributed by atoms with van der Waals surface area (Å²) in [5, 5.41) is 3.49. The molecule has 2 heterocycles. The molecule has 37 heavy (non-hydrogen) atoms. The van der Waals surface area contributed by atoms with Gasteiger partial charge in [-0.3, -0.25) is 4.98 Å². The number of aromatic nitrogens is 1. The smallest absolute Gasteiger partial charge is 0.127 e. The number of methoxy groups -OCH3 is 4. The second kappa shape index (κ2) is 14.1. The van der Waals surface area contributed by atoms with Gasteiger partial charge in [0.15, 0.2) is 0 Å². The molecule has 2 aromatic carbocycles. The van der Waals surface area contributed by atoms with Gasteiger partial charge in [-0.15, -0.1) is 12.4 Å². The fourth-order valence-corrected chi connectivity index (χ4v) is 4.76. The molecule has 6 nitrogen and oxygen atoms in total. The van der Waals surface area contributed by atoms with Gasteiger partial charge >= 0.3 is 0 Å². The maximum atomic E-state index is 5.53. The third-order valence-electron chi connectivity index (χ3n) is 6.66. The first-order valence-electron chi connectivity index (χ1n) is 12.4. The molecule has 0 radical (unpaired) electrons. The Morgan fingerprint density at radius 1 is 0.730 bits per heavy atom. The molecule has 1 aliphatic rings. The molecule has 0 amide bonds. The van der Waals surface area contributed by atoms with Gasteiger partial charge in [0.2, 0.25) is 0 Å². The molecule has 7 heteroatoms. The number of aryl methyl sites for hydroxylation is 3. The van der Waals surface area contributed by atoms with Crippen molar-refractivity contribution in [2.45, 2.75) is 40.0 Å². The molecule has 202 valence electrons. The zero-order chi connectivity index (χ0) is 26.2. The van der Waals surface area contributed by atoms with Gasteiger partial charge in [0.1, 0.15) is 23.0 Å². The van der Waals surface area contributed by atoms with E-state index in [4.69, 9.17) is 18.9 Å². The molecule has 1 aliphatic heterocycles. The van der Waals surface area contributed by atoms with Crippen LogP contribution >= 0.6 is 12.4 Å². The van der Waals surface area contributed by atoms with E-state index in [1.165, 1.54) is 12.0 Å². The lowest BCUT2D eigenvalue weighted by Gasteiger charge is -2.29. The fraction of sp³-hybridized carbons (Fsp3) is 0.433. The molecule has 0 saturated carbocycles. The van der Waals surface area contributed by atoms with Crippen molar-refractivity contribution in [1.29, 1.82) is 0 Å². The van der Waals surface area contributed by atoms with E-state index in [2.05, 4.69) is 35.4 Å². The lowest BCUT2D eigenvalue weighted by atomic mass is 9.85. The van der Waals surface area contributed by atoms with E-state index in [1.54, 1.807) is 28.4 Å². The van der Waals surface area contributed by atoms with Crippen molar-refractivity contribution >= 4 is 12.4 Å². The Balaban J connectivity index is 0.000000253. The summed E-state index contributed by atoms with van der Waals surface area (Å²) in [7, 11) is 6.81. The molecule has 2 unspecified atom stereocenters. The van der Waals surface area contributed by atoms with Gasteiger partial charge in [-0.25, -0.2) is 0 Å². The Kier molecular flexibility index (Phi) is 11.5. The molecule has 0 aliphatic carbocycles. The van der Waals surface area contributed by atoms with Crippen molar-refractivity contribution in [3.8, 4) is 34.1 Å². The Bertz CT molecular complexity index is 1170. The standard InChI is InChI=1S/C15H23NO2.C15H17NO2.ClH/c2*1-10-5-12(9-16-8-10)13-7-14(17-3)11(2)6-15(13)18-4;/h6-7,10,12,16H,5,8-9H2,1-4H3;5-9H,1-4H3;1H. The van der Waals surface area contributed by atoms with E-state index in [1.807, 2.05) is 45.3 Å². The summed E-state index contributed by atoms with van der Waals surface area (Å²) in [5.74, 6) is 4.84. The molecule has 3 aromatic rings. The predicted octanol–water partition coefficient (Wildman–Crippen LogP) is 6.53.